The molecule has 9 heteroatoms. The van der Waals surface area contributed by atoms with Gasteiger partial charge in [0.2, 0.25) is 0 Å². The van der Waals surface area contributed by atoms with E-state index in [2.05, 4.69) is 15.2 Å². The fourth-order valence-electron chi connectivity index (χ4n) is 3.06. The number of nitrogens with one attached hydrogen (secondary N) is 1. The molecule has 0 saturated carbocycles. The highest BCUT2D eigenvalue weighted by molar-refractivity contribution is 7.21. The second-order valence-electron chi connectivity index (χ2n) is 6.31. The van der Waals surface area contributed by atoms with Crippen molar-refractivity contribution >= 4 is 68.0 Å². The molecule has 1 fully saturated rings. The van der Waals surface area contributed by atoms with Crippen LogP contribution in [0.1, 0.15) is 15.2 Å². The van der Waals surface area contributed by atoms with Crippen molar-refractivity contribution in [1.82, 2.24) is 10.3 Å². The van der Waals surface area contributed by atoms with Gasteiger partial charge >= 0.3 is 0 Å². The van der Waals surface area contributed by atoms with Gasteiger partial charge in [-0.3, -0.25) is 4.79 Å². The molecule has 3 aromatic rings. The third kappa shape index (κ3) is 4.07. The number of hydrogen-bond acceptors (Lipinski definition) is 5. The average molecular weight is 457 g/mol. The lowest BCUT2D eigenvalue weighted by atomic mass is 10.2. The molecular formula is C19H16Cl3N3O2S. The topological polar surface area (TPSA) is 54.5 Å². The maximum atomic E-state index is 12.7. The van der Waals surface area contributed by atoms with Gasteiger partial charge in [0.15, 0.2) is 0 Å². The number of carbonyl (C=O) groups is 1. The zero-order chi connectivity index (χ0) is 19.7. The quantitative estimate of drug-likeness (QED) is 0.599. The van der Waals surface area contributed by atoms with Crippen molar-refractivity contribution in [2.45, 2.75) is 6.54 Å². The van der Waals surface area contributed by atoms with E-state index in [-0.39, 0.29) is 5.91 Å². The molecule has 146 valence electrons. The summed E-state index contributed by atoms with van der Waals surface area (Å²) >= 11 is 20.0. The first-order chi connectivity index (χ1) is 13.5. The Labute approximate surface area is 181 Å². The summed E-state index contributed by atoms with van der Waals surface area (Å²) in [5, 5.41) is 4.87. The highest BCUT2D eigenvalue weighted by atomic mass is 35.5. The number of thiophene rings is 1. The van der Waals surface area contributed by atoms with E-state index in [1.54, 1.807) is 18.3 Å². The van der Waals surface area contributed by atoms with Crippen LogP contribution in [0.4, 0.5) is 5.82 Å². The van der Waals surface area contributed by atoms with E-state index in [0.29, 0.717) is 45.1 Å². The van der Waals surface area contributed by atoms with Gasteiger partial charge in [-0.1, -0.05) is 34.8 Å². The fourth-order valence-corrected chi connectivity index (χ4v) is 5.35. The molecule has 0 atom stereocenters. The smallest absolute Gasteiger partial charge is 0.263 e. The van der Waals surface area contributed by atoms with Crippen LogP contribution in [0.2, 0.25) is 15.1 Å². The molecule has 28 heavy (non-hydrogen) atoms. The minimum atomic E-state index is -0.247. The molecule has 1 N–H and O–H groups in total. The van der Waals surface area contributed by atoms with Crippen molar-refractivity contribution in [3.63, 3.8) is 0 Å². The molecular weight excluding hydrogens is 441 g/mol. The number of rotatable bonds is 4. The van der Waals surface area contributed by atoms with Gasteiger partial charge in [-0.15, -0.1) is 11.3 Å². The van der Waals surface area contributed by atoms with Gasteiger partial charge in [0.1, 0.15) is 10.7 Å². The zero-order valence-corrected chi connectivity index (χ0v) is 17.8. The van der Waals surface area contributed by atoms with Crippen LogP contribution in [0.3, 0.4) is 0 Å². The molecule has 0 unspecified atom stereocenters. The molecule has 0 spiro atoms. The Morgan fingerprint density at radius 3 is 2.79 bits per heavy atom. The highest BCUT2D eigenvalue weighted by Gasteiger charge is 2.20. The van der Waals surface area contributed by atoms with E-state index in [9.17, 15) is 4.79 Å². The summed E-state index contributed by atoms with van der Waals surface area (Å²) in [5.74, 6) is 0.638. The minimum absolute atomic E-state index is 0.247. The van der Waals surface area contributed by atoms with Gasteiger partial charge < -0.3 is 15.0 Å². The molecule has 1 amide bonds. The highest BCUT2D eigenvalue weighted by Crippen LogP contribution is 2.41. The molecule has 2 aromatic heterocycles. The number of ether oxygens (including phenoxy) is 1. The number of amides is 1. The van der Waals surface area contributed by atoms with Crippen LogP contribution in [-0.2, 0) is 11.3 Å². The summed E-state index contributed by atoms with van der Waals surface area (Å²) in [6.45, 7) is 3.38. The van der Waals surface area contributed by atoms with Gasteiger partial charge in [-0.2, -0.15) is 0 Å². The molecule has 1 aliphatic heterocycles. The Bertz CT molecular complexity index is 1030. The Hall–Kier alpha value is -1.57. The Morgan fingerprint density at radius 2 is 2.00 bits per heavy atom. The van der Waals surface area contributed by atoms with E-state index >= 15 is 0 Å². The molecule has 1 saturated heterocycles. The Morgan fingerprint density at radius 1 is 1.21 bits per heavy atom. The average Bonchev–Trinajstić information content (AvgIpc) is 3.03. The molecule has 0 radical (unpaired) electrons. The normalized spacial score (nSPS) is 14.5. The van der Waals surface area contributed by atoms with Crippen LogP contribution < -0.4 is 10.2 Å². The lowest BCUT2D eigenvalue weighted by Gasteiger charge is -2.28. The monoisotopic (exact) mass is 455 g/mol. The standard InChI is InChI=1S/C19H16Cl3N3O2S/c20-12-8-13(21)16-14(9-12)28-18(17(16)22)19(26)24-10-11-1-2-23-15(7-11)25-3-5-27-6-4-25/h1-2,7-9H,3-6,10H2,(H,24,26). The molecule has 5 nitrogen and oxygen atoms in total. The van der Waals surface area contributed by atoms with E-state index < -0.39 is 0 Å². The molecule has 0 bridgehead atoms. The Balaban J connectivity index is 1.50. The van der Waals surface area contributed by atoms with E-state index in [0.717, 1.165) is 29.2 Å². The molecule has 1 aromatic carbocycles. The van der Waals surface area contributed by atoms with Gasteiger partial charge in [0, 0.05) is 40.9 Å². The van der Waals surface area contributed by atoms with Crippen LogP contribution in [0, 0.1) is 0 Å². The summed E-state index contributed by atoms with van der Waals surface area (Å²) in [7, 11) is 0. The van der Waals surface area contributed by atoms with Crippen LogP contribution in [0.25, 0.3) is 10.1 Å². The predicted octanol–water partition coefficient (Wildman–Crippen LogP) is 5.02. The van der Waals surface area contributed by atoms with E-state index in [1.807, 2.05) is 12.1 Å². The maximum absolute atomic E-state index is 12.7. The van der Waals surface area contributed by atoms with E-state index in [4.69, 9.17) is 39.5 Å². The molecule has 1 aliphatic rings. The number of benzene rings is 1. The summed E-state index contributed by atoms with van der Waals surface area (Å²) in [6, 6.07) is 7.24. The van der Waals surface area contributed by atoms with Crippen LogP contribution in [-0.4, -0.2) is 37.2 Å². The first-order valence-corrected chi connectivity index (χ1v) is 10.6. The molecule has 4 rings (SSSR count). The first-order valence-electron chi connectivity index (χ1n) is 8.66. The maximum Gasteiger partial charge on any atom is 0.263 e. The number of hydrogen-bond donors (Lipinski definition) is 1. The number of halogens is 3. The van der Waals surface area contributed by atoms with Crippen molar-refractivity contribution in [2.24, 2.45) is 0 Å². The minimum Gasteiger partial charge on any atom is -0.378 e. The summed E-state index contributed by atoms with van der Waals surface area (Å²) in [4.78, 5) is 19.7. The lowest BCUT2D eigenvalue weighted by molar-refractivity contribution is 0.0955. The first kappa shape index (κ1) is 19.7. The van der Waals surface area contributed by atoms with Crippen molar-refractivity contribution < 1.29 is 9.53 Å². The third-order valence-electron chi connectivity index (χ3n) is 4.45. The number of morpholine rings is 1. The van der Waals surface area contributed by atoms with E-state index in [1.165, 1.54) is 11.3 Å². The van der Waals surface area contributed by atoms with Crippen molar-refractivity contribution in [1.29, 1.82) is 0 Å². The van der Waals surface area contributed by atoms with Crippen molar-refractivity contribution in [3.05, 3.63) is 56.0 Å². The number of aromatic nitrogens is 1. The number of carbonyl (C=O) groups excluding carboxylic acids is 1. The summed E-state index contributed by atoms with van der Waals surface area (Å²) in [5.41, 5.74) is 0.961. The molecule has 0 aliphatic carbocycles. The van der Waals surface area contributed by atoms with Gasteiger partial charge in [-0.05, 0) is 29.8 Å². The summed E-state index contributed by atoms with van der Waals surface area (Å²) < 4.78 is 6.16. The predicted molar refractivity (Wildman–Crippen MR) is 115 cm³/mol. The van der Waals surface area contributed by atoms with Crippen LogP contribution in [0.5, 0.6) is 0 Å². The number of anilines is 1. The number of pyridine rings is 1. The largest absolute Gasteiger partial charge is 0.378 e. The number of nitrogens with zero attached hydrogens (tertiary/aromatic N) is 2. The zero-order valence-electron chi connectivity index (χ0n) is 14.7. The summed E-state index contributed by atoms with van der Waals surface area (Å²) in [6.07, 6.45) is 1.75. The van der Waals surface area contributed by atoms with Crippen molar-refractivity contribution in [2.75, 3.05) is 31.2 Å². The second kappa shape index (κ2) is 8.43. The third-order valence-corrected chi connectivity index (χ3v) is 6.60. The number of fused-ring (bicyclic) bond motifs is 1. The van der Waals surface area contributed by atoms with Crippen molar-refractivity contribution in [3.8, 4) is 0 Å². The fraction of sp³-hybridized carbons (Fsp3) is 0.263. The van der Waals surface area contributed by atoms with Crippen LogP contribution >= 0.6 is 46.1 Å². The SMILES string of the molecule is O=C(NCc1ccnc(N2CCOCC2)c1)c1sc2cc(Cl)cc(Cl)c2c1Cl. The van der Waals surface area contributed by atoms with Gasteiger partial charge in [-0.25, -0.2) is 4.98 Å². The van der Waals surface area contributed by atoms with Gasteiger partial charge in [0.25, 0.3) is 5.91 Å². The lowest BCUT2D eigenvalue weighted by Crippen LogP contribution is -2.36. The van der Waals surface area contributed by atoms with Crippen LogP contribution in [0.15, 0.2) is 30.5 Å². The Kier molecular flexibility index (Phi) is 5.94. The van der Waals surface area contributed by atoms with Gasteiger partial charge in [0.05, 0.1) is 23.3 Å². The second-order valence-corrected chi connectivity index (χ2v) is 8.58. The molecule has 3 heterocycles.